The third-order valence-corrected chi connectivity index (χ3v) is 4.92. The van der Waals surface area contributed by atoms with Crippen molar-refractivity contribution < 1.29 is 19.3 Å². The summed E-state index contributed by atoms with van der Waals surface area (Å²) in [6, 6.07) is 5.64. The van der Waals surface area contributed by atoms with Gasteiger partial charge in [-0.2, -0.15) is 0 Å². The fraction of sp³-hybridized carbons (Fsp3) is 0.647. The second-order valence-electron chi connectivity index (χ2n) is 6.49. The van der Waals surface area contributed by atoms with Gasteiger partial charge in [-0.25, -0.2) is 0 Å². The molecule has 2 unspecified atom stereocenters. The fourth-order valence-electron chi connectivity index (χ4n) is 3.54. The molecular formula is C17H24O4. The summed E-state index contributed by atoms with van der Waals surface area (Å²) in [6.45, 7) is 4.95. The van der Waals surface area contributed by atoms with Crippen molar-refractivity contribution in [1.29, 1.82) is 0 Å². The molecule has 3 atom stereocenters. The molecule has 1 aromatic carbocycles. The van der Waals surface area contributed by atoms with Crippen molar-refractivity contribution in [1.82, 2.24) is 0 Å². The molecule has 1 saturated heterocycles. The van der Waals surface area contributed by atoms with Gasteiger partial charge in [0.2, 0.25) is 0 Å². The van der Waals surface area contributed by atoms with E-state index >= 15 is 0 Å². The predicted octanol–water partition coefficient (Wildman–Crippen LogP) is 3.23. The van der Waals surface area contributed by atoms with Gasteiger partial charge in [0.25, 0.3) is 0 Å². The van der Waals surface area contributed by atoms with Crippen molar-refractivity contribution in [3.05, 3.63) is 23.8 Å². The van der Waals surface area contributed by atoms with E-state index in [9.17, 15) is 5.11 Å². The van der Waals surface area contributed by atoms with Crippen LogP contribution in [-0.4, -0.2) is 30.0 Å². The number of benzene rings is 1. The van der Waals surface area contributed by atoms with E-state index < -0.39 is 6.10 Å². The van der Waals surface area contributed by atoms with E-state index in [4.69, 9.17) is 14.2 Å². The smallest absolute Gasteiger partial charge is 0.126 e. The molecule has 0 radical (unpaired) electrons. The quantitative estimate of drug-likeness (QED) is 0.909. The van der Waals surface area contributed by atoms with Gasteiger partial charge in [-0.3, -0.25) is 0 Å². The first-order chi connectivity index (χ1) is 9.99. The molecule has 0 bridgehead atoms. The van der Waals surface area contributed by atoms with Gasteiger partial charge in [0.1, 0.15) is 17.1 Å². The molecule has 1 N–H and O–H groups in total. The molecule has 0 aliphatic carbocycles. The Kier molecular flexibility index (Phi) is 3.62. The van der Waals surface area contributed by atoms with Gasteiger partial charge in [-0.1, -0.05) is 6.92 Å². The molecule has 0 saturated carbocycles. The third kappa shape index (κ3) is 2.62. The number of fused-ring (bicyclic) bond motifs is 1. The Morgan fingerprint density at radius 3 is 2.95 bits per heavy atom. The van der Waals surface area contributed by atoms with Crippen LogP contribution >= 0.6 is 0 Å². The van der Waals surface area contributed by atoms with Crippen LogP contribution in [0.2, 0.25) is 0 Å². The maximum absolute atomic E-state index is 10.6. The molecule has 2 heterocycles. The molecule has 116 valence electrons. The summed E-state index contributed by atoms with van der Waals surface area (Å²) in [5.41, 5.74) is 0.344. The predicted molar refractivity (Wildman–Crippen MR) is 79.8 cm³/mol. The topological polar surface area (TPSA) is 47.9 Å². The Morgan fingerprint density at radius 2 is 2.24 bits per heavy atom. The van der Waals surface area contributed by atoms with Crippen molar-refractivity contribution >= 4 is 0 Å². The minimum Gasteiger partial charge on any atom is -0.497 e. The van der Waals surface area contributed by atoms with Crippen LogP contribution in [0.4, 0.5) is 0 Å². The zero-order chi connectivity index (χ0) is 15.1. The molecule has 1 aromatic rings. The van der Waals surface area contributed by atoms with Crippen LogP contribution in [0, 0.1) is 0 Å². The summed E-state index contributed by atoms with van der Waals surface area (Å²) in [5, 5.41) is 10.6. The van der Waals surface area contributed by atoms with Gasteiger partial charge < -0.3 is 19.3 Å². The molecule has 2 aliphatic rings. The van der Waals surface area contributed by atoms with Crippen LogP contribution < -0.4 is 9.47 Å². The second-order valence-corrected chi connectivity index (χ2v) is 6.49. The molecular weight excluding hydrogens is 268 g/mol. The highest BCUT2D eigenvalue weighted by atomic mass is 16.5. The van der Waals surface area contributed by atoms with E-state index in [1.54, 1.807) is 7.11 Å². The molecule has 0 amide bonds. The SMILES string of the molecule is CCC1(C)CC2(CCO1)C[C@@H](O)c1cc(OC)ccc1O2. The summed E-state index contributed by atoms with van der Waals surface area (Å²) in [4.78, 5) is 0. The van der Waals surface area contributed by atoms with Gasteiger partial charge in [0.15, 0.2) is 0 Å². The van der Waals surface area contributed by atoms with Gasteiger partial charge in [-0.05, 0) is 31.5 Å². The van der Waals surface area contributed by atoms with Crippen LogP contribution in [0.15, 0.2) is 18.2 Å². The second kappa shape index (κ2) is 5.18. The molecule has 4 nitrogen and oxygen atoms in total. The summed E-state index contributed by atoms with van der Waals surface area (Å²) in [5.74, 6) is 1.52. The molecule has 21 heavy (non-hydrogen) atoms. The number of hydrogen-bond acceptors (Lipinski definition) is 4. The number of rotatable bonds is 2. The van der Waals surface area contributed by atoms with E-state index in [-0.39, 0.29) is 11.2 Å². The van der Waals surface area contributed by atoms with E-state index in [0.29, 0.717) is 13.0 Å². The number of methoxy groups -OCH3 is 1. The Bertz CT molecular complexity index is 530. The number of ether oxygens (including phenoxy) is 3. The monoisotopic (exact) mass is 292 g/mol. The molecule has 1 spiro atoms. The Morgan fingerprint density at radius 1 is 1.43 bits per heavy atom. The summed E-state index contributed by atoms with van der Waals surface area (Å²) >= 11 is 0. The maximum Gasteiger partial charge on any atom is 0.126 e. The van der Waals surface area contributed by atoms with Crippen LogP contribution in [0.1, 0.15) is 51.2 Å². The van der Waals surface area contributed by atoms with E-state index in [0.717, 1.165) is 36.3 Å². The molecule has 1 fully saturated rings. The Balaban J connectivity index is 1.91. The van der Waals surface area contributed by atoms with Crippen LogP contribution in [0.3, 0.4) is 0 Å². The van der Waals surface area contributed by atoms with Crippen LogP contribution in [0.5, 0.6) is 11.5 Å². The zero-order valence-corrected chi connectivity index (χ0v) is 13.0. The first-order valence-corrected chi connectivity index (χ1v) is 7.68. The highest BCUT2D eigenvalue weighted by Gasteiger charge is 2.48. The number of aliphatic hydroxyl groups excluding tert-OH is 1. The highest BCUT2D eigenvalue weighted by Crippen LogP contribution is 2.48. The van der Waals surface area contributed by atoms with Crippen molar-refractivity contribution in [2.45, 2.75) is 56.8 Å². The van der Waals surface area contributed by atoms with E-state index in [2.05, 4.69) is 13.8 Å². The molecule has 2 aliphatic heterocycles. The number of hydrogen-bond donors (Lipinski definition) is 1. The average molecular weight is 292 g/mol. The molecule has 4 heteroatoms. The summed E-state index contributed by atoms with van der Waals surface area (Å²) in [7, 11) is 1.63. The third-order valence-electron chi connectivity index (χ3n) is 4.92. The van der Waals surface area contributed by atoms with E-state index in [1.165, 1.54) is 0 Å². The van der Waals surface area contributed by atoms with Crippen molar-refractivity contribution in [3.63, 3.8) is 0 Å². The highest BCUT2D eigenvalue weighted by molar-refractivity contribution is 5.43. The summed E-state index contributed by atoms with van der Waals surface area (Å²) < 4.78 is 17.5. The Hall–Kier alpha value is -1.26. The first-order valence-electron chi connectivity index (χ1n) is 7.68. The van der Waals surface area contributed by atoms with Gasteiger partial charge in [0, 0.05) is 24.8 Å². The van der Waals surface area contributed by atoms with Gasteiger partial charge in [0.05, 0.1) is 25.4 Å². The van der Waals surface area contributed by atoms with Gasteiger partial charge in [-0.15, -0.1) is 0 Å². The standard InChI is InChI=1S/C17H24O4/c1-4-16(2)11-17(7-8-20-16)10-14(18)13-9-12(19-3)5-6-15(13)21-17/h5-6,9,14,18H,4,7-8,10-11H2,1-3H3/t14-,16?,17?/m1/s1. The van der Waals surface area contributed by atoms with Crippen LogP contribution in [0.25, 0.3) is 0 Å². The summed E-state index contributed by atoms with van der Waals surface area (Å²) in [6.07, 6.45) is 2.70. The lowest BCUT2D eigenvalue weighted by molar-refractivity contribution is -0.160. The lowest BCUT2D eigenvalue weighted by atomic mass is 9.76. The minimum absolute atomic E-state index is 0.165. The first kappa shape index (κ1) is 14.7. The van der Waals surface area contributed by atoms with E-state index in [1.807, 2.05) is 18.2 Å². The average Bonchev–Trinajstić information content (AvgIpc) is 2.47. The Labute approximate surface area is 126 Å². The fourth-order valence-corrected chi connectivity index (χ4v) is 3.54. The zero-order valence-electron chi connectivity index (χ0n) is 13.0. The lowest BCUT2D eigenvalue weighted by Gasteiger charge is -2.49. The lowest BCUT2D eigenvalue weighted by Crippen LogP contribution is -2.52. The van der Waals surface area contributed by atoms with Crippen LogP contribution in [-0.2, 0) is 4.74 Å². The largest absolute Gasteiger partial charge is 0.497 e. The van der Waals surface area contributed by atoms with Crippen molar-refractivity contribution in [2.24, 2.45) is 0 Å². The maximum atomic E-state index is 10.6. The van der Waals surface area contributed by atoms with Gasteiger partial charge >= 0.3 is 0 Å². The minimum atomic E-state index is -0.511. The molecule has 0 aromatic heterocycles. The van der Waals surface area contributed by atoms with Crippen molar-refractivity contribution in [2.75, 3.05) is 13.7 Å². The molecule has 3 rings (SSSR count). The van der Waals surface area contributed by atoms with Crippen molar-refractivity contribution in [3.8, 4) is 11.5 Å². The number of aliphatic hydroxyl groups is 1. The normalized spacial score (nSPS) is 35.1.